The molecule has 2 unspecified atom stereocenters. The number of ether oxygens (including phenoxy) is 1. The molecule has 1 aliphatic rings. The van der Waals surface area contributed by atoms with E-state index in [1.165, 1.54) is 4.88 Å². The summed E-state index contributed by atoms with van der Waals surface area (Å²) < 4.78 is 5.50. The minimum absolute atomic E-state index is 0.207. The van der Waals surface area contributed by atoms with Crippen LogP contribution in [0.15, 0.2) is 17.5 Å². The standard InChI is InChI=1S/C15H26N2OS/c1-12(9-13-10-18-7-6-16-13)17-11-15(2,3)14-5-4-8-19-14/h4-5,8,12-13,16-17H,6-7,9-11H2,1-3H3. The number of hydrogen-bond donors (Lipinski definition) is 2. The van der Waals surface area contributed by atoms with Gasteiger partial charge in [0.2, 0.25) is 0 Å². The van der Waals surface area contributed by atoms with Gasteiger partial charge in [-0.15, -0.1) is 11.3 Å². The van der Waals surface area contributed by atoms with Crippen LogP contribution in [0.4, 0.5) is 0 Å². The van der Waals surface area contributed by atoms with Crippen molar-refractivity contribution in [3.8, 4) is 0 Å². The second-order valence-corrected chi connectivity index (χ2v) is 7.05. The molecular weight excluding hydrogens is 256 g/mol. The van der Waals surface area contributed by atoms with E-state index in [9.17, 15) is 0 Å². The molecular formula is C15H26N2OS. The van der Waals surface area contributed by atoms with Gasteiger partial charge in [-0.2, -0.15) is 0 Å². The van der Waals surface area contributed by atoms with Crippen LogP contribution in [0.2, 0.25) is 0 Å². The van der Waals surface area contributed by atoms with E-state index in [0.717, 1.165) is 32.7 Å². The topological polar surface area (TPSA) is 33.3 Å². The molecule has 0 amide bonds. The van der Waals surface area contributed by atoms with Gasteiger partial charge in [-0.3, -0.25) is 0 Å². The lowest BCUT2D eigenvalue weighted by molar-refractivity contribution is 0.0710. The maximum Gasteiger partial charge on any atom is 0.0620 e. The summed E-state index contributed by atoms with van der Waals surface area (Å²) in [5, 5.41) is 9.34. The lowest BCUT2D eigenvalue weighted by Gasteiger charge is -2.30. The molecule has 4 heteroatoms. The molecule has 3 nitrogen and oxygen atoms in total. The van der Waals surface area contributed by atoms with Crippen LogP contribution in [-0.2, 0) is 10.2 Å². The number of rotatable bonds is 6. The first-order valence-electron chi connectivity index (χ1n) is 7.16. The number of thiophene rings is 1. The van der Waals surface area contributed by atoms with Gasteiger partial charge in [0.25, 0.3) is 0 Å². The summed E-state index contributed by atoms with van der Waals surface area (Å²) in [7, 11) is 0. The normalized spacial score (nSPS) is 22.4. The maximum absolute atomic E-state index is 5.50. The molecule has 1 saturated heterocycles. The molecule has 0 aliphatic carbocycles. The highest BCUT2D eigenvalue weighted by molar-refractivity contribution is 7.10. The van der Waals surface area contributed by atoms with Crippen molar-refractivity contribution in [3.63, 3.8) is 0 Å². The summed E-state index contributed by atoms with van der Waals surface area (Å²) in [4.78, 5) is 1.45. The third-order valence-corrected chi connectivity index (χ3v) is 4.95. The van der Waals surface area contributed by atoms with Gasteiger partial charge >= 0.3 is 0 Å². The first-order valence-corrected chi connectivity index (χ1v) is 8.04. The van der Waals surface area contributed by atoms with Crippen molar-refractivity contribution in [2.24, 2.45) is 0 Å². The molecule has 108 valence electrons. The average molecular weight is 282 g/mol. The Labute approximate surface area is 120 Å². The second kappa shape index (κ2) is 6.84. The highest BCUT2D eigenvalue weighted by atomic mass is 32.1. The Balaban J connectivity index is 1.75. The molecule has 1 fully saturated rings. The van der Waals surface area contributed by atoms with Crippen molar-refractivity contribution in [2.45, 2.75) is 44.7 Å². The van der Waals surface area contributed by atoms with Crippen LogP contribution < -0.4 is 10.6 Å². The van der Waals surface area contributed by atoms with Crippen LogP contribution in [0.3, 0.4) is 0 Å². The van der Waals surface area contributed by atoms with E-state index in [1.807, 2.05) is 11.3 Å². The summed E-state index contributed by atoms with van der Waals surface area (Å²) in [6, 6.07) is 5.38. The highest BCUT2D eigenvalue weighted by Crippen LogP contribution is 2.26. The number of morpholine rings is 1. The van der Waals surface area contributed by atoms with Crippen molar-refractivity contribution in [2.75, 3.05) is 26.3 Å². The summed E-state index contributed by atoms with van der Waals surface area (Å²) in [5.41, 5.74) is 0.207. The van der Waals surface area contributed by atoms with Crippen molar-refractivity contribution in [1.82, 2.24) is 10.6 Å². The van der Waals surface area contributed by atoms with Gasteiger partial charge in [-0.25, -0.2) is 0 Å². The van der Waals surface area contributed by atoms with E-state index < -0.39 is 0 Å². The molecule has 2 N–H and O–H groups in total. The Morgan fingerprint density at radius 3 is 3.05 bits per heavy atom. The van der Waals surface area contributed by atoms with Gasteiger partial charge in [0, 0.05) is 35.5 Å². The van der Waals surface area contributed by atoms with Gasteiger partial charge < -0.3 is 15.4 Å². The lowest BCUT2D eigenvalue weighted by atomic mass is 9.91. The predicted octanol–water partition coefficient (Wildman–Crippen LogP) is 2.38. The Bertz CT molecular complexity index is 358. The zero-order chi connectivity index (χ0) is 13.7. The van der Waals surface area contributed by atoms with Crippen LogP contribution in [0.5, 0.6) is 0 Å². The van der Waals surface area contributed by atoms with Crippen LogP contribution >= 0.6 is 11.3 Å². The zero-order valence-electron chi connectivity index (χ0n) is 12.2. The average Bonchev–Trinajstić information content (AvgIpc) is 2.92. The third kappa shape index (κ3) is 4.56. The molecule has 1 aromatic heterocycles. The van der Waals surface area contributed by atoms with Crippen LogP contribution in [0, 0.1) is 0 Å². The van der Waals surface area contributed by atoms with Gasteiger partial charge in [0.15, 0.2) is 0 Å². The van der Waals surface area contributed by atoms with Crippen LogP contribution in [0.25, 0.3) is 0 Å². The zero-order valence-corrected chi connectivity index (χ0v) is 13.1. The van der Waals surface area contributed by atoms with Gasteiger partial charge in [0.1, 0.15) is 0 Å². The summed E-state index contributed by atoms with van der Waals surface area (Å²) in [6.45, 7) is 10.6. The highest BCUT2D eigenvalue weighted by Gasteiger charge is 2.23. The minimum atomic E-state index is 0.207. The van der Waals surface area contributed by atoms with Crippen LogP contribution in [0.1, 0.15) is 32.1 Å². The second-order valence-electron chi connectivity index (χ2n) is 6.10. The molecule has 2 heterocycles. The molecule has 1 aromatic rings. The van der Waals surface area contributed by atoms with E-state index in [2.05, 4.69) is 48.9 Å². The van der Waals surface area contributed by atoms with Crippen LogP contribution in [-0.4, -0.2) is 38.4 Å². The summed E-state index contributed by atoms with van der Waals surface area (Å²) in [6.07, 6.45) is 1.13. The van der Waals surface area contributed by atoms with E-state index in [0.29, 0.717) is 12.1 Å². The smallest absolute Gasteiger partial charge is 0.0620 e. The SMILES string of the molecule is CC(CC1COCCN1)NCC(C)(C)c1cccs1. The van der Waals surface area contributed by atoms with Crippen molar-refractivity contribution in [3.05, 3.63) is 22.4 Å². The van der Waals surface area contributed by atoms with Crippen molar-refractivity contribution < 1.29 is 4.74 Å². The fraction of sp³-hybridized carbons (Fsp3) is 0.733. The van der Waals surface area contributed by atoms with Gasteiger partial charge in [-0.05, 0) is 24.8 Å². The number of hydrogen-bond acceptors (Lipinski definition) is 4. The fourth-order valence-electron chi connectivity index (χ4n) is 2.46. The Morgan fingerprint density at radius 1 is 1.58 bits per heavy atom. The molecule has 1 aliphatic heterocycles. The molecule has 0 spiro atoms. The Kier molecular flexibility index (Phi) is 5.39. The summed E-state index contributed by atoms with van der Waals surface area (Å²) in [5.74, 6) is 0. The van der Waals surface area contributed by atoms with Gasteiger partial charge in [-0.1, -0.05) is 19.9 Å². The van der Waals surface area contributed by atoms with Crippen molar-refractivity contribution in [1.29, 1.82) is 0 Å². The molecule has 2 rings (SSSR count). The monoisotopic (exact) mass is 282 g/mol. The van der Waals surface area contributed by atoms with E-state index in [1.54, 1.807) is 0 Å². The Morgan fingerprint density at radius 2 is 2.42 bits per heavy atom. The molecule has 0 saturated carbocycles. The van der Waals surface area contributed by atoms with Crippen molar-refractivity contribution >= 4 is 11.3 Å². The molecule has 2 atom stereocenters. The molecule has 0 radical (unpaired) electrons. The third-order valence-electron chi connectivity index (χ3n) is 3.72. The maximum atomic E-state index is 5.50. The van der Waals surface area contributed by atoms with E-state index in [4.69, 9.17) is 4.74 Å². The molecule has 19 heavy (non-hydrogen) atoms. The summed E-state index contributed by atoms with van der Waals surface area (Å²) >= 11 is 1.84. The van der Waals surface area contributed by atoms with E-state index in [-0.39, 0.29) is 5.41 Å². The number of nitrogens with one attached hydrogen (secondary N) is 2. The lowest BCUT2D eigenvalue weighted by Crippen LogP contribution is -2.46. The first kappa shape index (κ1) is 15.0. The Hall–Kier alpha value is -0.420. The largest absolute Gasteiger partial charge is 0.379 e. The predicted molar refractivity (Wildman–Crippen MR) is 82.0 cm³/mol. The molecule has 0 bridgehead atoms. The first-order chi connectivity index (χ1) is 9.08. The fourth-order valence-corrected chi connectivity index (χ4v) is 3.31. The minimum Gasteiger partial charge on any atom is -0.379 e. The van der Waals surface area contributed by atoms with E-state index >= 15 is 0 Å². The van der Waals surface area contributed by atoms with Gasteiger partial charge in [0.05, 0.1) is 13.2 Å². The molecule has 0 aromatic carbocycles. The quantitative estimate of drug-likeness (QED) is 0.840.